The van der Waals surface area contributed by atoms with Gasteiger partial charge in [-0.15, -0.1) is 0 Å². The minimum Gasteiger partial charge on any atom is -0.460 e. The van der Waals surface area contributed by atoms with Crippen LogP contribution >= 0.6 is 7.92 Å². The molecule has 0 spiro atoms. The fraction of sp³-hybridized carbons (Fsp3) is 0.0952. The van der Waals surface area contributed by atoms with E-state index in [1.54, 1.807) is 6.07 Å². The van der Waals surface area contributed by atoms with Gasteiger partial charge in [-0.3, -0.25) is 0 Å². The maximum Gasteiger partial charge on any atom is 0.338 e. The van der Waals surface area contributed by atoms with E-state index in [-0.39, 0.29) is 13.2 Å². The summed E-state index contributed by atoms with van der Waals surface area (Å²) in [6, 6.07) is 28.0. The van der Waals surface area contributed by atoms with Crippen LogP contribution in [0.15, 0.2) is 84.9 Å². The van der Waals surface area contributed by atoms with Gasteiger partial charge >= 0.3 is 5.97 Å². The molecule has 0 heterocycles. The molecule has 1 N–H and O–H groups in total. The van der Waals surface area contributed by atoms with Gasteiger partial charge in [-0.2, -0.15) is 0 Å². The maximum absolute atomic E-state index is 12.5. The smallest absolute Gasteiger partial charge is 0.338 e. The number of carbonyl (C=O) groups is 1. The van der Waals surface area contributed by atoms with Gasteiger partial charge in [-0.1, -0.05) is 78.9 Å². The third-order valence-corrected chi connectivity index (χ3v) is 6.22. The molecule has 0 aliphatic carbocycles. The number of aliphatic hydroxyl groups is 1. The Morgan fingerprint density at radius 2 is 1.32 bits per heavy atom. The van der Waals surface area contributed by atoms with Crippen molar-refractivity contribution in [2.24, 2.45) is 0 Å². The van der Waals surface area contributed by atoms with Crippen molar-refractivity contribution in [3.8, 4) is 0 Å². The van der Waals surface area contributed by atoms with Gasteiger partial charge < -0.3 is 9.84 Å². The lowest BCUT2D eigenvalue weighted by Crippen LogP contribution is -2.26. The molecule has 0 saturated heterocycles. The summed E-state index contributed by atoms with van der Waals surface area (Å²) in [6.07, 6.45) is 0. The molecule has 0 fully saturated rings. The van der Waals surface area contributed by atoms with Gasteiger partial charge in [-0.25, -0.2) is 4.79 Å². The van der Waals surface area contributed by atoms with Crippen LogP contribution in [0.5, 0.6) is 0 Å². The van der Waals surface area contributed by atoms with Crippen LogP contribution in [-0.4, -0.2) is 24.3 Å². The molecule has 3 nitrogen and oxygen atoms in total. The lowest BCUT2D eigenvalue weighted by molar-refractivity contribution is 0.0435. The van der Waals surface area contributed by atoms with Crippen molar-refractivity contribution in [1.82, 2.24) is 0 Å². The van der Waals surface area contributed by atoms with Gasteiger partial charge in [0, 0.05) is 0 Å². The molecule has 3 aromatic carbocycles. The van der Waals surface area contributed by atoms with Crippen LogP contribution in [-0.2, 0) is 4.74 Å². The minimum atomic E-state index is -0.878. The van der Waals surface area contributed by atoms with Crippen LogP contribution in [0.2, 0.25) is 0 Å². The largest absolute Gasteiger partial charge is 0.460 e. The molecule has 0 amide bonds. The van der Waals surface area contributed by atoms with E-state index in [2.05, 4.69) is 24.3 Å². The standard InChI is InChI=1S/C21H19O3P/c22-15-16-24-21(23)19-13-7-8-14-20(19)25(17-9-3-1-4-10-17)18-11-5-2-6-12-18/h1-14,22H,15-16H2. The summed E-state index contributed by atoms with van der Waals surface area (Å²) in [5.74, 6) is -0.399. The van der Waals surface area contributed by atoms with E-state index in [4.69, 9.17) is 9.84 Å². The van der Waals surface area contributed by atoms with Crippen molar-refractivity contribution in [3.05, 3.63) is 90.5 Å². The third-order valence-electron chi connectivity index (χ3n) is 3.72. The number of rotatable bonds is 6. The maximum atomic E-state index is 12.5. The van der Waals surface area contributed by atoms with E-state index in [0.717, 1.165) is 5.30 Å². The van der Waals surface area contributed by atoms with E-state index in [9.17, 15) is 4.79 Å². The van der Waals surface area contributed by atoms with Gasteiger partial charge in [0.25, 0.3) is 0 Å². The monoisotopic (exact) mass is 350 g/mol. The van der Waals surface area contributed by atoms with Crippen LogP contribution in [0, 0.1) is 0 Å². The van der Waals surface area contributed by atoms with Crippen molar-refractivity contribution < 1.29 is 14.6 Å². The first-order valence-electron chi connectivity index (χ1n) is 8.08. The molecule has 0 atom stereocenters. The zero-order valence-corrected chi connectivity index (χ0v) is 14.6. The third kappa shape index (κ3) is 4.14. The molecule has 0 unspecified atom stereocenters. The number of hydrogen-bond acceptors (Lipinski definition) is 3. The zero-order valence-electron chi connectivity index (χ0n) is 13.7. The Balaban J connectivity index is 2.10. The summed E-state index contributed by atoms with van der Waals surface area (Å²) in [5.41, 5.74) is 0.551. The first-order chi connectivity index (χ1) is 12.3. The Bertz CT molecular complexity index is 779. The van der Waals surface area contributed by atoms with Crippen molar-refractivity contribution in [2.45, 2.75) is 0 Å². The summed E-state index contributed by atoms with van der Waals surface area (Å²) in [5, 5.41) is 12.2. The fourth-order valence-electron chi connectivity index (χ4n) is 2.64. The van der Waals surface area contributed by atoms with Gasteiger partial charge in [-0.05, 0) is 29.9 Å². The summed E-state index contributed by atoms with van der Waals surface area (Å²) < 4.78 is 5.16. The molecule has 3 rings (SSSR count). The SMILES string of the molecule is O=C(OCCO)c1ccccc1P(c1ccccc1)c1ccccc1. The predicted molar refractivity (Wildman–Crippen MR) is 103 cm³/mol. The predicted octanol–water partition coefficient (Wildman–Crippen LogP) is 2.59. The van der Waals surface area contributed by atoms with E-state index in [1.165, 1.54) is 10.6 Å². The molecule has 25 heavy (non-hydrogen) atoms. The number of ether oxygens (including phenoxy) is 1. The second-order valence-electron chi connectivity index (χ2n) is 5.38. The Morgan fingerprint density at radius 1 is 0.800 bits per heavy atom. The number of hydrogen-bond donors (Lipinski definition) is 1. The second-order valence-corrected chi connectivity index (χ2v) is 7.57. The van der Waals surface area contributed by atoms with E-state index in [0.29, 0.717) is 5.56 Å². The number of carbonyl (C=O) groups excluding carboxylic acids is 1. The molecule has 0 aliphatic rings. The number of aliphatic hydroxyl groups excluding tert-OH is 1. The summed E-state index contributed by atoms with van der Waals surface area (Å²) in [7, 11) is -0.878. The quantitative estimate of drug-likeness (QED) is 0.549. The summed E-state index contributed by atoms with van der Waals surface area (Å²) in [6.45, 7) is -0.179. The molecule has 3 aromatic rings. The Hall–Kier alpha value is -2.48. The highest BCUT2D eigenvalue weighted by atomic mass is 31.1. The molecule has 0 aromatic heterocycles. The van der Waals surface area contributed by atoms with Crippen LogP contribution in [0.1, 0.15) is 10.4 Å². The van der Waals surface area contributed by atoms with Crippen molar-refractivity contribution in [2.75, 3.05) is 13.2 Å². The van der Waals surface area contributed by atoms with E-state index >= 15 is 0 Å². The first kappa shape index (κ1) is 17.3. The summed E-state index contributed by atoms with van der Waals surface area (Å²) in [4.78, 5) is 12.5. The average molecular weight is 350 g/mol. The van der Waals surface area contributed by atoms with Gasteiger partial charge in [0.2, 0.25) is 0 Å². The van der Waals surface area contributed by atoms with E-state index in [1.807, 2.05) is 54.6 Å². The number of esters is 1. The Labute approximate surface area is 148 Å². The van der Waals surface area contributed by atoms with Crippen molar-refractivity contribution in [1.29, 1.82) is 0 Å². The highest BCUT2D eigenvalue weighted by Gasteiger charge is 2.22. The minimum absolute atomic E-state index is 0.00175. The average Bonchev–Trinajstić information content (AvgIpc) is 2.68. The fourth-order valence-corrected chi connectivity index (χ4v) is 5.08. The molecule has 0 aliphatic heterocycles. The molecule has 4 heteroatoms. The lowest BCUT2D eigenvalue weighted by Gasteiger charge is -2.21. The van der Waals surface area contributed by atoms with Gasteiger partial charge in [0.1, 0.15) is 6.61 Å². The molecule has 0 bridgehead atoms. The summed E-state index contributed by atoms with van der Waals surface area (Å²) >= 11 is 0. The molecule has 126 valence electrons. The molecular weight excluding hydrogens is 331 g/mol. The van der Waals surface area contributed by atoms with Crippen LogP contribution in [0.4, 0.5) is 0 Å². The van der Waals surface area contributed by atoms with Crippen molar-refractivity contribution >= 4 is 29.8 Å². The van der Waals surface area contributed by atoms with E-state index < -0.39 is 13.9 Å². The lowest BCUT2D eigenvalue weighted by atomic mass is 10.2. The Morgan fingerprint density at radius 3 is 1.88 bits per heavy atom. The van der Waals surface area contributed by atoms with Gasteiger partial charge in [0.15, 0.2) is 0 Å². The normalized spacial score (nSPS) is 10.6. The molecule has 0 radical (unpaired) electrons. The van der Waals surface area contributed by atoms with Crippen molar-refractivity contribution in [3.63, 3.8) is 0 Å². The first-order valence-corrected chi connectivity index (χ1v) is 9.42. The Kier molecular flexibility index (Phi) is 5.95. The highest BCUT2D eigenvalue weighted by molar-refractivity contribution is 7.80. The molecule has 0 saturated carbocycles. The number of benzene rings is 3. The highest BCUT2D eigenvalue weighted by Crippen LogP contribution is 2.34. The van der Waals surface area contributed by atoms with Crippen LogP contribution in [0.25, 0.3) is 0 Å². The van der Waals surface area contributed by atoms with Crippen LogP contribution in [0.3, 0.4) is 0 Å². The topological polar surface area (TPSA) is 46.5 Å². The van der Waals surface area contributed by atoms with Gasteiger partial charge in [0.05, 0.1) is 12.2 Å². The second kappa shape index (κ2) is 8.57. The van der Waals surface area contributed by atoms with Crippen LogP contribution < -0.4 is 15.9 Å². The molecular formula is C21H19O3P. The zero-order chi connectivity index (χ0) is 17.5.